The van der Waals surface area contributed by atoms with Crippen molar-refractivity contribution >= 4 is 17.5 Å². The number of nitrogens with two attached hydrogens (primary N) is 1. The summed E-state index contributed by atoms with van der Waals surface area (Å²) in [6.45, 7) is 2.24. The minimum atomic E-state index is -4.57. The average molecular weight is 549 g/mol. The molecule has 0 saturated heterocycles. The van der Waals surface area contributed by atoms with E-state index in [2.05, 4.69) is 0 Å². The minimum Gasteiger partial charge on any atom is -0.366 e. The summed E-state index contributed by atoms with van der Waals surface area (Å²) < 4.78 is 54.0. The highest BCUT2D eigenvalue weighted by molar-refractivity contribution is 6.00. The summed E-state index contributed by atoms with van der Waals surface area (Å²) in [5.74, 6) is -1.35. The number of anilines is 1. The van der Waals surface area contributed by atoms with Crippen molar-refractivity contribution in [3.8, 4) is 22.3 Å². The first-order chi connectivity index (χ1) is 19.1. The zero-order chi connectivity index (χ0) is 28.9. The normalized spacial score (nSPS) is 11.3. The second-order valence-corrected chi connectivity index (χ2v) is 9.46. The number of benzene rings is 4. The molecule has 2 amide bonds. The second-order valence-electron chi connectivity index (χ2n) is 9.46. The highest BCUT2D eigenvalue weighted by Crippen LogP contribution is 2.35. The number of carbonyl (C=O) groups excluding carboxylic acids is 2. The van der Waals surface area contributed by atoms with Gasteiger partial charge in [-0.15, -0.1) is 0 Å². The number of hydrogen-bond donors (Lipinski definition) is 1. The first-order valence-corrected chi connectivity index (χ1v) is 12.8. The largest absolute Gasteiger partial charge is 0.416 e. The molecule has 40 heavy (non-hydrogen) atoms. The third-order valence-electron chi connectivity index (χ3n) is 6.58. The Morgan fingerprint density at radius 3 is 2.17 bits per heavy atom. The van der Waals surface area contributed by atoms with Crippen LogP contribution >= 0.6 is 0 Å². The number of nitrogens with zero attached hydrogens (tertiary/aromatic N) is 1. The number of rotatable bonds is 9. The lowest BCUT2D eigenvalue weighted by atomic mass is 9.93. The summed E-state index contributed by atoms with van der Waals surface area (Å²) in [7, 11) is 0. The van der Waals surface area contributed by atoms with E-state index in [1.54, 1.807) is 35.2 Å². The zero-order valence-corrected chi connectivity index (χ0v) is 21.8. The summed E-state index contributed by atoms with van der Waals surface area (Å²) in [6, 6.07) is 23.0. The van der Waals surface area contributed by atoms with Gasteiger partial charge in [0.2, 0.25) is 11.8 Å². The fourth-order valence-electron chi connectivity index (χ4n) is 4.46. The summed E-state index contributed by atoms with van der Waals surface area (Å²) in [5.41, 5.74) is 7.88. The standard InChI is InChI=1S/C32H28F4N2O2/c1-2-3-10-30(39)38(27-9-5-8-26(33)19-27)20-21-11-13-22(14-12-21)23-6-4-7-24(17-23)29-18-25(32(34,35)36)15-16-28(29)31(37)40/h4-9,11-19H,2-3,10,20H2,1H3,(H2,37,40). The number of carbonyl (C=O) groups is 2. The summed E-state index contributed by atoms with van der Waals surface area (Å²) in [4.78, 5) is 26.5. The maximum atomic E-state index is 13.9. The molecule has 0 unspecified atom stereocenters. The molecular formula is C32H28F4N2O2. The Hall–Kier alpha value is -4.46. The molecule has 4 aromatic rings. The van der Waals surface area contributed by atoms with Crippen LogP contribution in [-0.4, -0.2) is 11.8 Å². The minimum absolute atomic E-state index is 0.00863. The van der Waals surface area contributed by atoms with Crippen LogP contribution in [0, 0.1) is 5.82 Å². The van der Waals surface area contributed by atoms with E-state index in [0.29, 0.717) is 17.7 Å². The van der Waals surface area contributed by atoms with Gasteiger partial charge in [-0.25, -0.2) is 4.39 Å². The number of hydrogen-bond acceptors (Lipinski definition) is 2. The van der Waals surface area contributed by atoms with Crippen LogP contribution in [0.15, 0.2) is 91.0 Å². The molecule has 2 N–H and O–H groups in total. The van der Waals surface area contributed by atoms with E-state index in [4.69, 9.17) is 5.73 Å². The Balaban J connectivity index is 1.63. The van der Waals surface area contributed by atoms with Crippen LogP contribution < -0.4 is 10.6 Å². The van der Waals surface area contributed by atoms with Crippen LogP contribution in [0.4, 0.5) is 23.2 Å². The third-order valence-corrected chi connectivity index (χ3v) is 6.58. The Morgan fingerprint density at radius 2 is 1.52 bits per heavy atom. The van der Waals surface area contributed by atoms with Crippen LogP contribution in [0.1, 0.15) is 47.7 Å². The molecule has 0 heterocycles. The van der Waals surface area contributed by atoms with Crippen LogP contribution in [0.2, 0.25) is 0 Å². The molecule has 8 heteroatoms. The monoisotopic (exact) mass is 548 g/mol. The topological polar surface area (TPSA) is 63.4 Å². The van der Waals surface area contributed by atoms with E-state index >= 15 is 0 Å². The molecule has 0 bridgehead atoms. The first-order valence-electron chi connectivity index (χ1n) is 12.8. The van der Waals surface area contributed by atoms with Crippen molar-refractivity contribution in [3.63, 3.8) is 0 Å². The second kappa shape index (κ2) is 12.2. The van der Waals surface area contributed by atoms with Gasteiger partial charge in [-0.2, -0.15) is 13.2 Å². The van der Waals surface area contributed by atoms with Crippen molar-refractivity contribution in [1.82, 2.24) is 0 Å². The molecule has 0 fully saturated rings. The fraction of sp³-hybridized carbons (Fsp3) is 0.188. The van der Waals surface area contributed by atoms with Gasteiger partial charge in [-0.05, 0) is 76.7 Å². The molecule has 0 saturated carbocycles. The number of amides is 2. The van der Waals surface area contributed by atoms with E-state index in [9.17, 15) is 27.2 Å². The third kappa shape index (κ3) is 6.75. The predicted octanol–water partition coefficient (Wildman–Crippen LogP) is 8.00. The summed E-state index contributed by atoms with van der Waals surface area (Å²) in [5, 5.41) is 0. The van der Waals surface area contributed by atoms with Gasteiger partial charge in [0.15, 0.2) is 0 Å². The smallest absolute Gasteiger partial charge is 0.366 e. The number of alkyl halides is 3. The average Bonchev–Trinajstić information content (AvgIpc) is 2.94. The van der Waals surface area contributed by atoms with Crippen LogP contribution in [0.25, 0.3) is 22.3 Å². The van der Waals surface area contributed by atoms with E-state index in [1.807, 2.05) is 37.3 Å². The molecule has 4 aromatic carbocycles. The summed E-state index contributed by atoms with van der Waals surface area (Å²) >= 11 is 0. The van der Waals surface area contributed by atoms with Crippen LogP contribution in [0.3, 0.4) is 0 Å². The SMILES string of the molecule is CCCCC(=O)N(Cc1ccc(-c2cccc(-c3cc(C(F)(F)F)ccc3C(N)=O)c2)cc1)c1cccc(F)c1. The maximum absolute atomic E-state index is 13.9. The Labute approximate surface area is 230 Å². The van der Waals surface area contributed by atoms with Crippen molar-refractivity contribution in [2.24, 2.45) is 5.73 Å². The van der Waals surface area contributed by atoms with Gasteiger partial charge in [0.1, 0.15) is 5.82 Å². The zero-order valence-electron chi connectivity index (χ0n) is 21.8. The van der Waals surface area contributed by atoms with Gasteiger partial charge in [0.25, 0.3) is 0 Å². The highest BCUT2D eigenvalue weighted by Gasteiger charge is 2.31. The first kappa shape index (κ1) is 28.5. The summed E-state index contributed by atoms with van der Waals surface area (Å²) in [6.07, 6.45) is -2.64. The Morgan fingerprint density at radius 1 is 0.825 bits per heavy atom. The quantitative estimate of drug-likeness (QED) is 0.215. The lowest BCUT2D eigenvalue weighted by molar-refractivity contribution is -0.137. The van der Waals surface area contributed by atoms with E-state index in [1.165, 1.54) is 12.1 Å². The number of unbranched alkanes of at least 4 members (excludes halogenated alkanes) is 1. The molecule has 0 aliphatic heterocycles. The molecule has 0 aliphatic carbocycles. The molecule has 0 spiro atoms. The fourth-order valence-corrected chi connectivity index (χ4v) is 4.46. The number of primary amides is 1. The van der Waals surface area contributed by atoms with E-state index in [-0.39, 0.29) is 23.6 Å². The van der Waals surface area contributed by atoms with E-state index in [0.717, 1.165) is 47.7 Å². The Kier molecular flexibility index (Phi) is 8.67. The molecule has 4 nitrogen and oxygen atoms in total. The van der Waals surface area contributed by atoms with Crippen molar-refractivity contribution in [3.05, 3.63) is 114 Å². The van der Waals surface area contributed by atoms with Crippen molar-refractivity contribution in [1.29, 1.82) is 0 Å². The van der Waals surface area contributed by atoms with Gasteiger partial charge >= 0.3 is 6.18 Å². The van der Waals surface area contributed by atoms with Gasteiger partial charge in [0, 0.05) is 17.7 Å². The molecular weight excluding hydrogens is 520 g/mol. The van der Waals surface area contributed by atoms with E-state index < -0.39 is 23.5 Å². The number of halogens is 4. The lowest BCUT2D eigenvalue weighted by Gasteiger charge is -2.23. The lowest BCUT2D eigenvalue weighted by Crippen LogP contribution is -2.30. The van der Waals surface area contributed by atoms with Crippen molar-refractivity contribution < 1.29 is 27.2 Å². The van der Waals surface area contributed by atoms with Crippen molar-refractivity contribution in [2.45, 2.75) is 38.9 Å². The predicted molar refractivity (Wildman–Crippen MR) is 148 cm³/mol. The Bertz CT molecular complexity index is 1510. The van der Waals surface area contributed by atoms with Crippen LogP contribution in [-0.2, 0) is 17.5 Å². The van der Waals surface area contributed by atoms with Gasteiger partial charge in [0.05, 0.1) is 12.1 Å². The highest BCUT2D eigenvalue weighted by atomic mass is 19.4. The molecule has 4 rings (SSSR count). The maximum Gasteiger partial charge on any atom is 0.416 e. The molecule has 0 radical (unpaired) electrons. The molecule has 0 aromatic heterocycles. The molecule has 0 aliphatic rings. The molecule has 0 atom stereocenters. The van der Waals surface area contributed by atoms with Crippen LogP contribution in [0.5, 0.6) is 0 Å². The van der Waals surface area contributed by atoms with Crippen molar-refractivity contribution in [2.75, 3.05) is 4.90 Å². The van der Waals surface area contributed by atoms with Gasteiger partial charge in [-0.3, -0.25) is 9.59 Å². The van der Waals surface area contributed by atoms with Gasteiger partial charge in [-0.1, -0.05) is 61.9 Å². The van der Waals surface area contributed by atoms with Gasteiger partial charge < -0.3 is 10.6 Å². The molecule has 206 valence electrons.